The van der Waals surface area contributed by atoms with Crippen molar-refractivity contribution >= 4 is 11.5 Å². The van der Waals surface area contributed by atoms with Crippen molar-refractivity contribution in [3.8, 4) is 0 Å². The van der Waals surface area contributed by atoms with Crippen LogP contribution >= 0.6 is 0 Å². The van der Waals surface area contributed by atoms with E-state index in [0.29, 0.717) is 5.56 Å². The average molecular weight is 222 g/mol. The molecule has 5 nitrogen and oxygen atoms in total. The summed E-state index contributed by atoms with van der Waals surface area (Å²) in [6.07, 6.45) is 0. The Bertz CT molecular complexity index is 398. The number of Topliss-reactive ketones (excluding diaryl/α,β-unsaturated/α-hetero) is 1. The van der Waals surface area contributed by atoms with Crippen LogP contribution in [0.15, 0.2) is 24.3 Å². The highest BCUT2D eigenvalue weighted by Gasteiger charge is 2.19. The number of nitro groups is 1. The summed E-state index contributed by atoms with van der Waals surface area (Å²) in [4.78, 5) is 21.7. The molecule has 1 aromatic rings. The molecule has 86 valence electrons. The van der Waals surface area contributed by atoms with E-state index in [1.165, 1.54) is 24.3 Å². The lowest BCUT2D eigenvalue weighted by molar-refractivity contribution is -0.384. The van der Waals surface area contributed by atoms with Crippen LogP contribution in [0.1, 0.15) is 24.2 Å². The third-order valence-electron chi connectivity index (χ3n) is 2.38. The summed E-state index contributed by atoms with van der Waals surface area (Å²) < 4.78 is 0. The predicted molar refractivity (Wildman–Crippen MR) is 60.2 cm³/mol. The highest BCUT2D eigenvalue weighted by molar-refractivity contribution is 6.00. The normalized spacial score (nSPS) is 12.5. The fraction of sp³-hybridized carbons (Fsp3) is 0.364. The Hall–Kier alpha value is -1.75. The van der Waals surface area contributed by atoms with E-state index in [-0.39, 0.29) is 17.4 Å². The standard InChI is InChI=1S/C11H14N2O3/c1-7(2)10(12)11(14)8-3-5-9(6-4-8)13(15)16/h3-7,10H,12H2,1-2H3/t10-/m0/s1. The van der Waals surface area contributed by atoms with Crippen LogP contribution in [0.25, 0.3) is 0 Å². The first-order valence-electron chi connectivity index (χ1n) is 4.97. The van der Waals surface area contributed by atoms with Crippen LogP contribution in [0, 0.1) is 16.0 Å². The van der Waals surface area contributed by atoms with Crippen molar-refractivity contribution < 1.29 is 9.72 Å². The SMILES string of the molecule is CC(C)[C@H](N)C(=O)c1ccc([N+](=O)[O-])cc1. The largest absolute Gasteiger partial charge is 0.321 e. The number of carbonyl (C=O) groups excluding carboxylic acids is 1. The molecule has 0 aromatic heterocycles. The number of nitro benzene ring substituents is 1. The quantitative estimate of drug-likeness (QED) is 0.477. The molecule has 0 fully saturated rings. The zero-order valence-corrected chi connectivity index (χ0v) is 9.21. The van der Waals surface area contributed by atoms with Gasteiger partial charge >= 0.3 is 0 Å². The summed E-state index contributed by atoms with van der Waals surface area (Å²) in [5, 5.41) is 10.4. The van der Waals surface area contributed by atoms with Gasteiger partial charge in [0.1, 0.15) is 0 Å². The van der Waals surface area contributed by atoms with Gasteiger partial charge in [-0.1, -0.05) is 13.8 Å². The molecule has 1 aromatic carbocycles. The van der Waals surface area contributed by atoms with E-state index in [1.807, 2.05) is 13.8 Å². The van der Waals surface area contributed by atoms with Crippen molar-refractivity contribution in [2.45, 2.75) is 19.9 Å². The Morgan fingerprint density at radius 2 is 1.81 bits per heavy atom. The van der Waals surface area contributed by atoms with Crippen LogP contribution in [0.2, 0.25) is 0 Å². The third-order valence-corrected chi connectivity index (χ3v) is 2.38. The third kappa shape index (κ3) is 2.64. The second kappa shape index (κ2) is 4.85. The van der Waals surface area contributed by atoms with Gasteiger partial charge in [-0.2, -0.15) is 0 Å². The van der Waals surface area contributed by atoms with Crippen LogP contribution < -0.4 is 5.73 Å². The highest BCUT2D eigenvalue weighted by Crippen LogP contribution is 2.14. The van der Waals surface area contributed by atoms with Crippen LogP contribution in [0.4, 0.5) is 5.69 Å². The van der Waals surface area contributed by atoms with E-state index >= 15 is 0 Å². The number of nitrogens with two attached hydrogens (primary N) is 1. The van der Waals surface area contributed by atoms with Crippen molar-refractivity contribution in [2.75, 3.05) is 0 Å². The number of benzene rings is 1. The second-order valence-corrected chi connectivity index (χ2v) is 3.94. The zero-order chi connectivity index (χ0) is 12.3. The van der Waals surface area contributed by atoms with E-state index < -0.39 is 11.0 Å². The van der Waals surface area contributed by atoms with Gasteiger partial charge in [0.15, 0.2) is 5.78 Å². The molecule has 0 aliphatic carbocycles. The lowest BCUT2D eigenvalue weighted by Gasteiger charge is -2.13. The molecule has 0 bridgehead atoms. The first-order valence-corrected chi connectivity index (χ1v) is 4.97. The van der Waals surface area contributed by atoms with Crippen molar-refractivity contribution in [3.05, 3.63) is 39.9 Å². The van der Waals surface area contributed by atoms with Gasteiger partial charge < -0.3 is 5.73 Å². The summed E-state index contributed by atoms with van der Waals surface area (Å²) >= 11 is 0. The zero-order valence-electron chi connectivity index (χ0n) is 9.21. The van der Waals surface area contributed by atoms with E-state index in [4.69, 9.17) is 5.73 Å². The minimum absolute atomic E-state index is 0.0327. The number of non-ortho nitro benzene ring substituents is 1. The van der Waals surface area contributed by atoms with Crippen LogP contribution in [-0.2, 0) is 0 Å². The monoisotopic (exact) mass is 222 g/mol. The number of rotatable bonds is 4. The van der Waals surface area contributed by atoms with E-state index in [2.05, 4.69) is 0 Å². The first-order chi connectivity index (χ1) is 7.43. The number of hydrogen-bond donors (Lipinski definition) is 1. The number of hydrogen-bond acceptors (Lipinski definition) is 4. The lowest BCUT2D eigenvalue weighted by atomic mass is 9.96. The van der Waals surface area contributed by atoms with Crippen molar-refractivity contribution in [1.82, 2.24) is 0 Å². The molecule has 0 heterocycles. The summed E-state index contributed by atoms with van der Waals surface area (Å²) in [6, 6.07) is 4.91. The fourth-order valence-electron chi connectivity index (χ4n) is 1.24. The van der Waals surface area contributed by atoms with Crippen molar-refractivity contribution in [2.24, 2.45) is 11.7 Å². The van der Waals surface area contributed by atoms with Gasteiger partial charge in [-0.15, -0.1) is 0 Å². The molecule has 16 heavy (non-hydrogen) atoms. The van der Waals surface area contributed by atoms with Crippen LogP contribution in [-0.4, -0.2) is 16.7 Å². The van der Waals surface area contributed by atoms with Gasteiger partial charge in [-0.3, -0.25) is 14.9 Å². The molecule has 0 unspecified atom stereocenters. The van der Waals surface area contributed by atoms with Gasteiger partial charge in [0, 0.05) is 17.7 Å². The highest BCUT2D eigenvalue weighted by atomic mass is 16.6. The molecule has 0 saturated heterocycles. The van der Waals surface area contributed by atoms with Gasteiger partial charge in [0.2, 0.25) is 0 Å². The smallest absolute Gasteiger partial charge is 0.269 e. The van der Waals surface area contributed by atoms with Crippen molar-refractivity contribution in [3.63, 3.8) is 0 Å². The van der Waals surface area contributed by atoms with Crippen LogP contribution in [0.3, 0.4) is 0 Å². The maximum atomic E-state index is 11.8. The molecular weight excluding hydrogens is 208 g/mol. The maximum Gasteiger partial charge on any atom is 0.269 e. The molecule has 0 aliphatic heterocycles. The molecule has 0 aliphatic rings. The van der Waals surface area contributed by atoms with Gasteiger partial charge in [-0.05, 0) is 18.1 Å². The Labute approximate surface area is 93.4 Å². The Morgan fingerprint density at radius 1 is 1.31 bits per heavy atom. The fourth-order valence-corrected chi connectivity index (χ4v) is 1.24. The Kier molecular flexibility index (Phi) is 3.73. The predicted octanol–water partition coefficient (Wildman–Crippen LogP) is 1.76. The maximum absolute atomic E-state index is 11.8. The minimum Gasteiger partial charge on any atom is -0.321 e. The minimum atomic E-state index is -0.568. The topological polar surface area (TPSA) is 86.2 Å². The number of ketones is 1. The van der Waals surface area contributed by atoms with Gasteiger partial charge in [0.05, 0.1) is 11.0 Å². The molecule has 0 spiro atoms. The second-order valence-electron chi connectivity index (χ2n) is 3.94. The lowest BCUT2D eigenvalue weighted by Crippen LogP contribution is -2.35. The molecule has 2 N–H and O–H groups in total. The number of nitrogens with zero attached hydrogens (tertiary/aromatic N) is 1. The average Bonchev–Trinajstić information content (AvgIpc) is 2.27. The number of carbonyl (C=O) groups is 1. The molecule has 5 heteroatoms. The summed E-state index contributed by atoms with van der Waals surface area (Å²) in [7, 11) is 0. The Balaban J connectivity index is 2.90. The van der Waals surface area contributed by atoms with Crippen molar-refractivity contribution in [1.29, 1.82) is 0 Å². The molecule has 1 rings (SSSR count). The summed E-state index contributed by atoms with van der Waals surface area (Å²) in [5.74, 6) is -0.146. The summed E-state index contributed by atoms with van der Waals surface area (Å²) in [6.45, 7) is 3.71. The molecule has 1 atom stereocenters. The van der Waals surface area contributed by atoms with Crippen LogP contribution in [0.5, 0.6) is 0 Å². The van der Waals surface area contributed by atoms with Gasteiger partial charge in [-0.25, -0.2) is 0 Å². The molecular formula is C11H14N2O3. The first kappa shape index (κ1) is 12.3. The summed E-state index contributed by atoms with van der Waals surface area (Å²) in [5.41, 5.74) is 6.08. The Morgan fingerprint density at radius 3 is 2.19 bits per heavy atom. The van der Waals surface area contributed by atoms with Gasteiger partial charge in [0.25, 0.3) is 5.69 Å². The van der Waals surface area contributed by atoms with E-state index in [9.17, 15) is 14.9 Å². The van der Waals surface area contributed by atoms with E-state index in [1.54, 1.807) is 0 Å². The molecule has 0 saturated carbocycles. The molecule has 0 radical (unpaired) electrons. The van der Waals surface area contributed by atoms with E-state index in [0.717, 1.165) is 0 Å². The molecule has 0 amide bonds.